The topological polar surface area (TPSA) is 149 Å². The number of unbranched alkanes of at least 4 members (excludes halogenated alkanes) is 1. The molecule has 0 fully saturated rings. The zero-order valence-electron chi connectivity index (χ0n) is 21.1. The summed E-state index contributed by atoms with van der Waals surface area (Å²) in [6, 6.07) is 0. The molecule has 0 aliphatic carbocycles. The molecule has 0 amide bonds. The van der Waals surface area contributed by atoms with Gasteiger partial charge in [-0.25, -0.2) is 4.74 Å². The second-order valence-electron chi connectivity index (χ2n) is 6.53. The Hall–Kier alpha value is 0.560. The SMILES string of the molecule is CCCCN=P(N=P(NC)(NC)NC)(N=P(NC)(NC)NC)N=P(NC)(NC)N(C)C. The minimum atomic E-state index is -2.97. The number of hydrogen-bond acceptors (Lipinski definition) is 1. The van der Waals surface area contributed by atoms with E-state index in [2.05, 4.69) is 52.3 Å². The molecular formula is C14H47N13P4. The molecule has 0 rings (SSSR count). The Morgan fingerprint density at radius 2 is 1.00 bits per heavy atom. The van der Waals surface area contributed by atoms with Gasteiger partial charge in [-0.2, -0.15) is 13.5 Å². The van der Waals surface area contributed by atoms with Crippen molar-refractivity contribution in [2.24, 2.45) is 18.3 Å². The second-order valence-corrected chi connectivity index (χ2v) is 18.2. The Labute approximate surface area is 190 Å². The first-order chi connectivity index (χ1) is 14.6. The lowest BCUT2D eigenvalue weighted by molar-refractivity contribution is 0.645. The van der Waals surface area contributed by atoms with Gasteiger partial charge in [0.25, 0.3) is 0 Å². The average Bonchev–Trinajstić information content (AvgIpc) is 2.80. The van der Waals surface area contributed by atoms with Crippen LogP contribution < -0.4 is 40.7 Å². The van der Waals surface area contributed by atoms with Gasteiger partial charge in [-0.15, -0.1) is 0 Å². The van der Waals surface area contributed by atoms with Crippen LogP contribution in [0, 0.1) is 0 Å². The quantitative estimate of drug-likeness (QED) is 0.120. The zero-order valence-corrected chi connectivity index (χ0v) is 24.7. The molecule has 17 heteroatoms. The Kier molecular flexibility index (Phi) is 15.0. The second kappa shape index (κ2) is 14.7. The number of hydrogen-bond donors (Lipinski definition) is 8. The average molecular weight is 522 g/mol. The third kappa shape index (κ3) is 8.37. The summed E-state index contributed by atoms with van der Waals surface area (Å²) in [6.07, 6.45) is 1.98. The van der Waals surface area contributed by atoms with Crippen LogP contribution in [-0.2, 0) is 0 Å². The van der Waals surface area contributed by atoms with Gasteiger partial charge in [0.2, 0.25) is 0 Å². The van der Waals surface area contributed by atoms with Crippen molar-refractivity contribution in [2.45, 2.75) is 19.8 Å². The molecule has 0 aliphatic heterocycles. The molecule has 0 radical (unpaired) electrons. The molecule has 13 nitrogen and oxygen atoms in total. The molecule has 0 bridgehead atoms. The van der Waals surface area contributed by atoms with E-state index in [4.69, 9.17) is 18.3 Å². The summed E-state index contributed by atoms with van der Waals surface area (Å²) in [4.78, 5) is 0. The zero-order chi connectivity index (χ0) is 24.2. The Morgan fingerprint density at radius 1 is 0.613 bits per heavy atom. The van der Waals surface area contributed by atoms with Gasteiger partial charge in [0.1, 0.15) is 0 Å². The molecule has 0 aromatic carbocycles. The van der Waals surface area contributed by atoms with E-state index >= 15 is 0 Å². The summed E-state index contributed by atoms with van der Waals surface area (Å²) >= 11 is 0. The highest BCUT2D eigenvalue weighted by Crippen LogP contribution is 2.70. The molecule has 0 spiro atoms. The van der Waals surface area contributed by atoms with E-state index in [9.17, 15) is 0 Å². The van der Waals surface area contributed by atoms with Crippen LogP contribution >= 0.6 is 30.0 Å². The Morgan fingerprint density at radius 3 is 1.26 bits per heavy atom. The van der Waals surface area contributed by atoms with E-state index in [1.54, 1.807) is 0 Å². The maximum atomic E-state index is 5.35. The summed E-state index contributed by atoms with van der Waals surface area (Å²) in [7, 11) is 9.10. The van der Waals surface area contributed by atoms with Crippen molar-refractivity contribution in [1.82, 2.24) is 45.4 Å². The van der Waals surface area contributed by atoms with Gasteiger partial charge in [-0.3, -0.25) is 45.4 Å². The number of nitrogens with zero attached hydrogens (tertiary/aromatic N) is 5. The van der Waals surface area contributed by atoms with Crippen LogP contribution in [-0.4, -0.2) is 81.7 Å². The maximum Gasteiger partial charge on any atom is 0.306 e. The maximum absolute atomic E-state index is 5.35. The van der Waals surface area contributed by atoms with E-state index in [1.165, 1.54) is 0 Å². The van der Waals surface area contributed by atoms with Crippen molar-refractivity contribution >= 4 is 30.0 Å². The fraction of sp³-hybridized carbons (Fsp3) is 1.00. The fourth-order valence-corrected chi connectivity index (χ4v) is 15.3. The first-order valence-electron chi connectivity index (χ1n) is 10.3. The van der Waals surface area contributed by atoms with E-state index < -0.39 is 30.0 Å². The van der Waals surface area contributed by atoms with Crippen molar-refractivity contribution in [1.29, 1.82) is 0 Å². The lowest BCUT2D eigenvalue weighted by Gasteiger charge is -2.33. The van der Waals surface area contributed by atoms with Crippen molar-refractivity contribution in [3.05, 3.63) is 0 Å². The minimum Gasteiger partial charge on any atom is -0.262 e. The summed E-state index contributed by atoms with van der Waals surface area (Å²) < 4.78 is 23.1. The molecule has 188 valence electrons. The lowest BCUT2D eigenvalue weighted by Crippen LogP contribution is -2.28. The van der Waals surface area contributed by atoms with Gasteiger partial charge < -0.3 is 0 Å². The van der Waals surface area contributed by atoms with Gasteiger partial charge in [-0.1, -0.05) is 13.3 Å². The van der Waals surface area contributed by atoms with Crippen molar-refractivity contribution < 1.29 is 0 Å². The van der Waals surface area contributed by atoms with Gasteiger partial charge in [0.05, 0.1) is 0 Å². The summed E-state index contributed by atoms with van der Waals surface area (Å²) in [5.74, 6) is 0. The van der Waals surface area contributed by atoms with Crippen molar-refractivity contribution in [2.75, 3.05) is 77.0 Å². The standard InChI is InChI=1S/C14H47N13P4/c1-12-13-14-23-30(24-28(15-2,16-3)17-4,25-29(18-5,19-6)20-7)26-31(21-8,22-9)27(10)11/h15-22H,12-14H2,1-11H3. The van der Waals surface area contributed by atoms with E-state index in [0.29, 0.717) is 6.54 Å². The van der Waals surface area contributed by atoms with Gasteiger partial charge in [-0.05, 0) is 76.9 Å². The molecule has 0 saturated heterocycles. The molecule has 0 saturated carbocycles. The predicted molar refractivity (Wildman–Crippen MR) is 143 cm³/mol. The fourth-order valence-electron chi connectivity index (χ4n) is 2.66. The highest BCUT2D eigenvalue weighted by Gasteiger charge is 2.31. The first kappa shape index (κ1) is 31.6. The van der Waals surface area contributed by atoms with Crippen LogP contribution in [0.2, 0.25) is 0 Å². The van der Waals surface area contributed by atoms with Crippen LogP contribution in [0.15, 0.2) is 18.3 Å². The van der Waals surface area contributed by atoms with Crippen LogP contribution in [0.1, 0.15) is 19.8 Å². The predicted octanol–water partition coefficient (Wildman–Crippen LogP) is 2.89. The Bertz CT molecular complexity index is 666. The summed E-state index contributed by atoms with van der Waals surface area (Å²) in [5.41, 5.74) is 0. The van der Waals surface area contributed by atoms with Crippen LogP contribution in [0.3, 0.4) is 0 Å². The van der Waals surface area contributed by atoms with E-state index in [-0.39, 0.29) is 0 Å². The normalized spacial score (nSPS) is 13.4. The molecule has 0 aromatic heterocycles. The molecule has 0 aromatic rings. The summed E-state index contributed by atoms with van der Waals surface area (Å²) in [6.45, 7) is 2.79. The monoisotopic (exact) mass is 521 g/mol. The number of rotatable bonds is 15. The molecule has 0 atom stereocenters. The lowest BCUT2D eigenvalue weighted by atomic mass is 10.3. The van der Waals surface area contributed by atoms with Crippen molar-refractivity contribution in [3.8, 4) is 0 Å². The molecule has 31 heavy (non-hydrogen) atoms. The summed E-state index contributed by atoms with van der Waals surface area (Å²) in [5, 5.41) is 26.8. The minimum absolute atomic E-state index is 0.635. The largest absolute Gasteiger partial charge is 0.306 e. The molecule has 0 unspecified atom stereocenters. The van der Waals surface area contributed by atoms with Gasteiger partial charge >= 0.3 is 7.51 Å². The van der Waals surface area contributed by atoms with Crippen LogP contribution in [0.25, 0.3) is 0 Å². The Balaban J connectivity index is 7.83. The molecule has 8 N–H and O–H groups in total. The third-order valence-corrected chi connectivity index (χ3v) is 17.6. The highest BCUT2D eigenvalue weighted by molar-refractivity contribution is 7.81. The third-order valence-electron chi connectivity index (χ3n) is 4.70. The van der Waals surface area contributed by atoms with Gasteiger partial charge in [0.15, 0.2) is 22.5 Å². The smallest absolute Gasteiger partial charge is 0.262 e. The first-order valence-corrected chi connectivity index (χ1v) is 17.1. The van der Waals surface area contributed by atoms with Crippen LogP contribution in [0.5, 0.6) is 0 Å². The highest BCUT2D eigenvalue weighted by atomic mass is 31.3. The van der Waals surface area contributed by atoms with E-state index in [1.807, 2.05) is 70.5 Å². The van der Waals surface area contributed by atoms with Gasteiger partial charge in [0, 0.05) is 6.54 Å². The molecule has 0 heterocycles. The molecular weight excluding hydrogens is 474 g/mol. The van der Waals surface area contributed by atoms with E-state index in [0.717, 1.165) is 12.8 Å². The van der Waals surface area contributed by atoms with Crippen molar-refractivity contribution in [3.63, 3.8) is 0 Å². The van der Waals surface area contributed by atoms with Crippen LogP contribution in [0.4, 0.5) is 0 Å². The number of nitrogens with one attached hydrogen (secondary N) is 8. The molecule has 0 aliphatic rings.